The van der Waals surface area contributed by atoms with E-state index < -0.39 is 0 Å². The van der Waals surface area contributed by atoms with Crippen LogP contribution in [0.2, 0.25) is 0 Å². The number of rotatable bonds is 1. The van der Waals surface area contributed by atoms with Crippen molar-refractivity contribution in [2.45, 2.75) is 0 Å². The maximum atomic E-state index is 11.4. The summed E-state index contributed by atoms with van der Waals surface area (Å²) in [7, 11) is 0. The van der Waals surface area contributed by atoms with E-state index in [0.29, 0.717) is 0 Å². The molecule has 0 radical (unpaired) electrons. The predicted octanol–water partition coefficient (Wildman–Crippen LogP) is -0.569. The molecule has 0 atom stereocenters. The van der Waals surface area contributed by atoms with Crippen LogP contribution in [-0.4, -0.2) is 0 Å². The first-order valence-electron chi connectivity index (χ1n) is 4.19. The van der Waals surface area contributed by atoms with Gasteiger partial charge in [-0.3, -0.25) is 0 Å². The largest absolute Gasteiger partial charge is 1.00 e. The Morgan fingerprint density at radius 3 is 1.93 bits per heavy atom. The average Bonchev–Trinajstić information content (AvgIpc) is 2.20. The van der Waals surface area contributed by atoms with Crippen LogP contribution in [0.1, 0.15) is 0 Å². The van der Waals surface area contributed by atoms with Crippen molar-refractivity contribution < 1.29 is 34.7 Å². The molecule has 0 aliphatic heterocycles. The van der Waals surface area contributed by atoms with Crippen LogP contribution in [0.5, 0.6) is 5.75 Å². The Morgan fingerprint density at radius 2 is 1.29 bits per heavy atom. The van der Waals surface area contributed by atoms with Crippen molar-refractivity contribution in [2.24, 2.45) is 0 Å². The van der Waals surface area contributed by atoms with E-state index in [1.54, 1.807) is 12.1 Å². The molecule has 2 rings (SSSR count). The molecule has 0 bridgehead atoms. The Hall–Kier alpha value is -0.760. The van der Waals surface area contributed by atoms with Crippen LogP contribution in [0.15, 0.2) is 54.6 Å². The Kier molecular flexibility index (Phi) is 4.21. The molecule has 0 aromatic heterocycles. The Labute approximate surface area is 106 Å². The first-order valence-corrected chi connectivity index (χ1v) is 4.19. The van der Waals surface area contributed by atoms with E-state index in [1.807, 2.05) is 42.5 Å². The molecule has 0 N–H and O–H groups in total. The third kappa shape index (κ3) is 2.38. The smallest absolute Gasteiger partial charge is 0.872 e. The molecule has 0 fully saturated rings. The van der Waals surface area contributed by atoms with Crippen molar-refractivity contribution in [2.75, 3.05) is 0 Å². The van der Waals surface area contributed by atoms with E-state index in [9.17, 15) is 5.11 Å². The molecule has 0 aliphatic carbocycles. The normalized spacial score (nSPS) is 9.14. The maximum absolute atomic E-state index is 11.4. The molecular formula is C12H9NaO. The molecule has 1 nitrogen and oxygen atoms in total. The Morgan fingerprint density at radius 1 is 0.714 bits per heavy atom. The zero-order chi connectivity index (χ0) is 9.10. The van der Waals surface area contributed by atoms with Gasteiger partial charge in [0.1, 0.15) is 0 Å². The molecule has 2 aromatic rings. The van der Waals surface area contributed by atoms with Gasteiger partial charge >= 0.3 is 29.6 Å². The van der Waals surface area contributed by atoms with Gasteiger partial charge in [0.05, 0.1) is 0 Å². The van der Waals surface area contributed by atoms with Crippen LogP contribution in [0, 0.1) is 0 Å². The minimum Gasteiger partial charge on any atom is -0.872 e. The van der Waals surface area contributed by atoms with E-state index in [-0.39, 0.29) is 35.3 Å². The monoisotopic (exact) mass is 192 g/mol. The van der Waals surface area contributed by atoms with Gasteiger partial charge < -0.3 is 5.11 Å². The molecule has 0 aliphatic rings. The first kappa shape index (κ1) is 11.3. The van der Waals surface area contributed by atoms with Gasteiger partial charge in [-0.2, -0.15) is 0 Å². The fourth-order valence-electron chi connectivity index (χ4n) is 1.32. The van der Waals surface area contributed by atoms with E-state index >= 15 is 0 Å². The first-order chi connectivity index (χ1) is 6.38. The van der Waals surface area contributed by atoms with Gasteiger partial charge in [0.25, 0.3) is 0 Å². The van der Waals surface area contributed by atoms with E-state index in [4.69, 9.17) is 0 Å². The summed E-state index contributed by atoms with van der Waals surface area (Å²) >= 11 is 0. The van der Waals surface area contributed by atoms with Crippen LogP contribution < -0.4 is 34.7 Å². The topological polar surface area (TPSA) is 23.1 Å². The van der Waals surface area contributed by atoms with Crippen LogP contribution in [0.4, 0.5) is 0 Å². The van der Waals surface area contributed by atoms with Crippen molar-refractivity contribution in [3.63, 3.8) is 0 Å². The fraction of sp³-hybridized carbons (Fsp3) is 0. The number of hydrogen-bond donors (Lipinski definition) is 0. The van der Waals surface area contributed by atoms with Gasteiger partial charge in [0, 0.05) is 0 Å². The summed E-state index contributed by atoms with van der Waals surface area (Å²) in [5.41, 5.74) is 1.75. The summed E-state index contributed by atoms with van der Waals surface area (Å²) in [6, 6.07) is 16.8. The number of benzene rings is 2. The second kappa shape index (κ2) is 5.20. The predicted molar refractivity (Wildman–Crippen MR) is 51.3 cm³/mol. The van der Waals surface area contributed by atoms with Crippen molar-refractivity contribution in [1.82, 2.24) is 0 Å². The van der Waals surface area contributed by atoms with Gasteiger partial charge in [0.15, 0.2) is 0 Å². The zero-order valence-electron chi connectivity index (χ0n) is 8.10. The van der Waals surface area contributed by atoms with Crippen molar-refractivity contribution in [3.05, 3.63) is 54.6 Å². The van der Waals surface area contributed by atoms with Crippen LogP contribution in [-0.2, 0) is 0 Å². The van der Waals surface area contributed by atoms with E-state index in [1.165, 1.54) is 0 Å². The molecule has 64 valence electrons. The standard InChI is InChI=1S/C12H10O.Na/c13-12-9-5-4-8-11(12)10-6-2-1-3-7-10;/h1-9,13H;/q;+1/p-1. The van der Waals surface area contributed by atoms with Crippen LogP contribution >= 0.6 is 0 Å². The van der Waals surface area contributed by atoms with Gasteiger partial charge in [-0.15, -0.1) is 5.75 Å². The quantitative estimate of drug-likeness (QED) is 0.555. The molecule has 0 heterocycles. The SMILES string of the molecule is [Na+].[O-]c1ccccc1-c1ccccc1. The van der Waals surface area contributed by atoms with E-state index in [0.717, 1.165) is 11.1 Å². The molecule has 2 aromatic carbocycles. The molecule has 0 saturated heterocycles. The summed E-state index contributed by atoms with van der Waals surface area (Å²) in [6.07, 6.45) is 0. The minimum absolute atomic E-state index is 0. The van der Waals surface area contributed by atoms with Crippen molar-refractivity contribution in [3.8, 4) is 16.9 Å². The van der Waals surface area contributed by atoms with Gasteiger partial charge in [-0.1, -0.05) is 54.6 Å². The zero-order valence-corrected chi connectivity index (χ0v) is 10.1. The number of para-hydroxylation sites is 1. The van der Waals surface area contributed by atoms with Crippen LogP contribution in [0.3, 0.4) is 0 Å². The minimum atomic E-state index is 0. The Balaban J connectivity index is 0.000000980. The average molecular weight is 192 g/mol. The summed E-state index contributed by atoms with van der Waals surface area (Å²) in [5.74, 6) is 0.0775. The molecular weight excluding hydrogens is 183 g/mol. The summed E-state index contributed by atoms with van der Waals surface area (Å²) in [5, 5.41) is 11.4. The second-order valence-corrected chi connectivity index (χ2v) is 2.86. The Bertz CT molecular complexity index is 398. The van der Waals surface area contributed by atoms with Gasteiger partial charge in [-0.05, 0) is 11.1 Å². The molecule has 14 heavy (non-hydrogen) atoms. The third-order valence-corrected chi connectivity index (χ3v) is 1.97. The van der Waals surface area contributed by atoms with Crippen molar-refractivity contribution in [1.29, 1.82) is 0 Å². The molecule has 2 heteroatoms. The van der Waals surface area contributed by atoms with Crippen LogP contribution in [0.25, 0.3) is 11.1 Å². The molecule has 0 unspecified atom stereocenters. The van der Waals surface area contributed by atoms with Gasteiger partial charge in [-0.25, -0.2) is 0 Å². The fourth-order valence-corrected chi connectivity index (χ4v) is 1.32. The molecule has 0 saturated carbocycles. The third-order valence-electron chi connectivity index (χ3n) is 1.97. The summed E-state index contributed by atoms with van der Waals surface area (Å²) in [6.45, 7) is 0. The maximum Gasteiger partial charge on any atom is 1.00 e. The molecule has 0 spiro atoms. The number of hydrogen-bond acceptors (Lipinski definition) is 1. The van der Waals surface area contributed by atoms with Crippen molar-refractivity contribution >= 4 is 0 Å². The second-order valence-electron chi connectivity index (χ2n) is 2.86. The van der Waals surface area contributed by atoms with Gasteiger partial charge in [0.2, 0.25) is 0 Å². The molecule has 0 amide bonds. The summed E-state index contributed by atoms with van der Waals surface area (Å²) in [4.78, 5) is 0. The van der Waals surface area contributed by atoms with E-state index in [2.05, 4.69) is 0 Å². The summed E-state index contributed by atoms with van der Waals surface area (Å²) < 4.78 is 0.